The van der Waals surface area contributed by atoms with Gasteiger partial charge >= 0.3 is 0 Å². The summed E-state index contributed by atoms with van der Waals surface area (Å²) >= 11 is 0. The van der Waals surface area contributed by atoms with Crippen molar-refractivity contribution in [3.8, 4) is 0 Å². The molecule has 1 nitrogen and oxygen atoms in total. The van der Waals surface area contributed by atoms with E-state index in [1.54, 1.807) is 30.4 Å². The third kappa shape index (κ3) is 5.67. The predicted molar refractivity (Wildman–Crippen MR) is 75.8 cm³/mol. The molecule has 90 valence electrons. The Morgan fingerprint density at radius 2 is 1.76 bits per heavy atom. The Kier molecular flexibility index (Phi) is 8.31. The molecule has 0 spiro atoms. The van der Waals surface area contributed by atoms with Gasteiger partial charge in [0.15, 0.2) is 5.78 Å². The highest BCUT2D eigenvalue weighted by molar-refractivity contribution is 6.10. The van der Waals surface area contributed by atoms with Crippen LogP contribution in [-0.4, -0.2) is 5.78 Å². The minimum Gasteiger partial charge on any atom is -0.289 e. The third-order valence-corrected chi connectivity index (χ3v) is 2.20. The Morgan fingerprint density at radius 3 is 2.24 bits per heavy atom. The Balaban J connectivity index is 5.02. The standard InChI is InChI=1S/C16H20O/c1-5-9-11-13-15(8-4)16(17)14(7-3)12-10-6-2/h5-7,9-13H,1-2,8H2,3-4H3/b11-9-,12-10-,14-7+,15-13+. The van der Waals surface area contributed by atoms with Gasteiger partial charge in [0.2, 0.25) is 0 Å². The first-order chi connectivity index (χ1) is 8.21. The summed E-state index contributed by atoms with van der Waals surface area (Å²) in [6.45, 7) is 11.0. The number of hydrogen-bond donors (Lipinski definition) is 0. The lowest BCUT2D eigenvalue weighted by atomic mass is 10.0. The Labute approximate surface area is 104 Å². The summed E-state index contributed by atoms with van der Waals surface area (Å²) in [5.74, 6) is 0.0572. The van der Waals surface area contributed by atoms with Crippen LogP contribution in [0.4, 0.5) is 0 Å². The van der Waals surface area contributed by atoms with Crippen LogP contribution in [0.3, 0.4) is 0 Å². The molecule has 0 saturated carbocycles. The Morgan fingerprint density at radius 1 is 1.12 bits per heavy atom. The van der Waals surface area contributed by atoms with Crippen LogP contribution < -0.4 is 0 Å². The highest BCUT2D eigenvalue weighted by Crippen LogP contribution is 2.11. The van der Waals surface area contributed by atoms with Gasteiger partial charge in [-0.25, -0.2) is 0 Å². The number of Topliss-reactive ketones (excluding diaryl/α,β-unsaturated/α-hetero) is 1. The molecule has 17 heavy (non-hydrogen) atoms. The average molecular weight is 228 g/mol. The molecule has 0 aromatic heterocycles. The lowest BCUT2D eigenvalue weighted by molar-refractivity contribution is -0.112. The van der Waals surface area contributed by atoms with E-state index in [0.717, 1.165) is 5.57 Å². The molecule has 0 aliphatic carbocycles. The molecule has 0 unspecified atom stereocenters. The van der Waals surface area contributed by atoms with Gasteiger partial charge in [-0.3, -0.25) is 4.79 Å². The van der Waals surface area contributed by atoms with E-state index < -0.39 is 0 Å². The minimum absolute atomic E-state index is 0.0572. The quantitative estimate of drug-likeness (QED) is 0.468. The topological polar surface area (TPSA) is 17.1 Å². The van der Waals surface area contributed by atoms with Crippen molar-refractivity contribution in [1.82, 2.24) is 0 Å². The number of hydrogen-bond acceptors (Lipinski definition) is 1. The van der Waals surface area contributed by atoms with E-state index >= 15 is 0 Å². The third-order valence-electron chi connectivity index (χ3n) is 2.20. The van der Waals surface area contributed by atoms with Crippen molar-refractivity contribution < 1.29 is 4.79 Å². The van der Waals surface area contributed by atoms with E-state index in [-0.39, 0.29) is 5.78 Å². The second-order valence-corrected chi connectivity index (χ2v) is 3.33. The van der Waals surface area contributed by atoms with Gasteiger partial charge in [0.25, 0.3) is 0 Å². The van der Waals surface area contributed by atoms with Crippen molar-refractivity contribution >= 4 is 5.78 Å². The predicted octanol–water partition coefficient (Wildman–Crippen LogP) is 4.32. The van der Waals surface area contributed by atoms with Crippen molar-refractivity contribution in [3.05, 3.63) is 72.9 Å². The van der Waals surface area contributed by atoms with Crippen molar-refractivity contribution in [2.75, 3.05) is 0 Å². The van der Waals surface area contributed by atoms with Gasteiger partial charge in [-0.2, -0.15) is 0 Å². The zero-order chi connectivity index (χ0) is 13.1. The number of rotatable bonds is 7. The smallest absolute Gasteiger partial charge is 0.188 e. The number of ketones is 1. The maximum atomic E-state index is 12.1. The molecule has 0 N–H and O–H groups in total. The van der Waals surface area contributed by atoms with Crippen molar-refractivity contribution in [2.45, 2.75) is 20.3 Å². The fraction of sp³-hybridized carbons (Fsp3) is 0.188. The lowest BCUT2D eigenvalue weighted by Gasteiger charge is -2.03. The highest BCUT2D eigenvalue weighted by Gasteiger charge is 2.09. The van der Waals surface area contributed by atoms with Gasteiger partial charge in [-0.05, 0) is 18.9 Å². The summed E-state index contributed by atoms with van der Waals surface area (Å²) in [7, 11) is 0. The van der Waals surface area contributed by atoms with Crippen molar-refractivity contribution in [3.63, 3.8) is 0 Å². The fourth-order valence-electron chi connectivity index (χ4n) is 1.26. The van der Waals surface area contributed by atoms with Gasteiger partial charge in [-0.1, -0.05) is 68.7 Å². The van der Waals surface area contributed by atoms with Gasteiger partial charge in [0, 0.05) is 5.57 Å². The van der Waals surface area contributed by atoms with Crippen LogP contribution in [0.25, 0.3) is 0 Å². The molecule has 0 rings (SSSR count). The zero-order valence-electron chi connectivity index (χ0n) is 10.6. The lowest BCUT2D eigenvalue weighted by Crippen LogP contribution is -2.03. The van der Waals surface area contributed by atoms with Crippen molar-refractivity contribution in [1.29, 1.82) is 0 Å². The Hall–Kier alpha value is -1.89. The molecule has 0 bridgehead atoms. The normalized spacial score (nSPS) is 13.3. The molecule has 0 aliphatic heterocycles. The van der Waals surface area contributed by atoms with E-state index in [1.165, 1.54) is 0 Å². The van der Waals surface area contributed by atoms with Gasteiger partial charge in [-0.15, -0.1) is 0 Å². The molecule has 0 heterocycles. The Bertz CT molecular complexity index is 390. The number of allylic oxidation sites excluding steroid dienone is 10. The second-order valence-electron chi connectivity index (χ2n) is 3.33. The van der Waals surface area contributed by atoms with Crippen LogP contribution >= 0.6 is 0 Å². The van der Waals surface area contributed by atoms with E-state index in [0.29, 0.717) is 12.0 Å². The van der Waals surface area contributed by atoms with Crippen LogP contribution in [0, 0.1) is 0 Å². The first-order valence-electron chi connectivity index (χ1n) is 5.69. The van der Waals surface area contributed by atoms with E-state index in [2.05, 4.69) is 13.2 Å². The molecule has 0 amide bonds. The van der Waals surface area contributed by atoms with Crippen LogP contribution in [0.1, 0.15) is 20.3 Å². The first-order valence-corrected chi connectivity index (χ1v) is 5.69. The van der Waals surface area contributed by atoms with Gasteiger partial charge in [0.05, 0.1) is 0 Å². The summed E-state index contributed by atoms with van der Waals surface area (Å²) in [6.07, 6.45) is 14.9. The van der Waals surface area contributed by atoms with E-state index in [1.807, 2.05) is 32.1 Å². The maximum Gasteiger partial charge on any atom is 0.188 e. The molecule has 0 atom stereocenters. The summed E-state index contributed by atoms with van der Waals surface area (Å²) in [4.78, 5) is 12.1. The van der Waals surface area contributed by atoms with Crippen molar-refractivity contribution in [2.24, 2.45) is 0 Å². The first kappa shape index (κ1) is 15.1. The zero-order valence-corrected chi connectivity index (χ0v) is 10.6. The molecule has 0 saturated heterocycles. The average Bonchev–Trinajstić information content (AvgIpc) is 2.35. The van der Waals surface area contributed by atoms with Gasteiger partial charge < -0.3 is 0 Å². The summed E-state index contributed by atoms with van der Waals surface area (Å²) in [5.41, 5.74) is 1.47. The molecule has 0 aromatic rings. The van der Waals surface area contributed by atoms with E-state index in [9.17, 15) is 4.79 Å². The molecular formula is C16H20O. The molecule has 0 radical (unpaired) electrons. The SMILES string of the molecule is C=C/C=C\C=C(/CC)C(=O)C(/C=C\C=C)=C/C. The highest BCUT2D eigenvalue weighted by atomic mass is 16.1. The molecule has 0 aliphatic rings. The van der Waals surface area contributed by atoms with Crippen LogP contribution in [0.2, 0.25) is 0 Å². The summed E-state index contributed by atoms with van der Waals surface area (Å²) in [6, 6.07) is 0. The molecule has 0 fully saturated rings. The minimum atomic E-state index is 0.0572. The molecule has 0 aromatic carbocycles. The molecule has 1 heteroatoms. The second kappa shape index (κ2) is 9.34. The van der Waals surface area contributed by atoms with Crippen LogP contribution in [0.15, 0.2) is 72.9 Å². The maximum absolute atomic E-state index is 12.1. The summed E-state index contributed by atoms with van der Waals surface area (Å²) < 4.78 is 0. The number of carbonyl (C=O) groups excluding carboxylic acids is 1. The monoisotopic (exact) mass is 228 g/mol. The van der Waals surface area contributed by atoms with Gasteiger partial charge in [0.1, 0.15) is 0 Å². The fourth-order valence-corrected chi connectivity index (χ4v) is 1.26. The molecular weight excluding hydrogens is 208 g/mol. The summed E-state index contributed by atoms with van der Waals surface area (Å²) in [5, 5.41) is 0. The van der Waals surface area contributed by atoms with Crippen LogP contribution in [0.5, 0.6) is 0 Å². The largest absolute Gasteiger partial charge is 0.289 e. The number of carbonyl (C=O) groups is 1. The van der Waals surface area contributed by atoms with E-state index in [4.69, 9.17) is 0 Å². The van der Waals surface area contributed by atoms with Crippen LogP contribution in [-0.2, 0) is 4.79 Å².